The second-order valence-corrected chi connectivity index (χ2v) is 6.84. The Labute approximate surface area is 177 Å². The molecule has 2 amide bonds. The van der Waals surface area contributed by atoms with Crippen molar-refractivity contribution in [2.24, 2.45) is 0 Å². The maximum Gasteiger partial charge on any atom is 0.323 e. The first-order valence-corrected chi connectivity index (χ1v) is 9.53. The van der Waals surface area contributed by atoms with E-state index in [1.165, 1.54) is 22.6 Å². The number of carbonyl (C=O) groups is 1. The number of urea groups is 1. The molecule has 8 heteroatoms. The van der Waals surface area contributed by atoms with Crippen molar-refractivity contribution in [2.45, 2.75) is 13.5 Å². The van der Waals surface area contributed by atoms with Crippen LogP contribution < -0.4 is 20.9 Å². The van der Waals surface area contributed by atoms with E-state index in [2.05, 4.69) is 15.6 Å². The number of halogens is 1. The average molecular weight is 418 g/mol. The molecule has 0 spiro atoms. The summed E-state index contributed by atoms with van der Waals surface area (Å²) in [5.74, 6) is 0.00289. The highest BCUT2D eigenvalue weighted by molar-refractivity contribution is 5.99. The molecular weight excluding hydrogens is 399 g/mol. The van der Waals surface area contributed by atoms with Crippen LogP contribution in [-0.4, -0.2) is 15.4 Å². The SMILES string of the molecule is Cc1ccc(NC(=O)Nc2ccccc2F)cc1OCc1cc(=O)n2ccccc2n1. The Morgan fingerprint density at radius 3 is 2.71 bits per heavy atom. The second-order valence-electron chi connectivity index (χ2n) is 6.84. The van der Waals surface area contributed by atoms with Gasteiger partial charge in [0.25, 0.3) is 5.56 Å². The van der Waals surface area contributed by atoms with Crippen LogP contribution in [0.15, 0.2) is 77.7 Å². The van der Waals surface area contributed by atoms with Gasteiger partial charge in [0.2, 0.25) is 0 Å². The molecule has 0 aliphatic carbocycles. The van der Waals surface area contributed by atoms with E-state index in [1.54, 1.807) is 54.7 Å². The maximum atomic E-state index is 13.7. The molecule has 7 nitrogen and oxygen atoms in total. The second kappa shape index (κ2) is 8.66. The van der Waals surface area contributed by atoms with Crippen LogP contribution in [0, 0.1) is 12.7 Å². The van der Waals surface area contributed by atoms with Crippen molar-refractivity contribution in [3.63, 3.8) is 0 Å². The number of hydrogen-bond donors (Lipinski definition) is 2. The van der Waals surface area contributed by atoms with Gasteiger partial charge in [0.15, 0.2) is 0 Å². The fourth-order valence-corrected chi connectivity index (χ4v) is 3.01. The Hall–Kier alpha value is -4.20. The normalized spacial score (nSPS) is 10.6. The van der Waals surface area contributed by atoms with Gasteiger partial charge in [-0.05, 0) is 42.8 Å². The number of carbonyl (C=O) groups excluding carboxylic acids is 1. The molecule has 2 aromatic carbocycles. The smallest absolute Gasteiger partial charge is 0.323 e. The molecule has 4 rings (SSSR count). The Morgan fingerprint density at radius 1 is 1.06 bits per heavy atom. The first-order chi connectivity index (χ1) is 15.0. The van der Waals surface area contributed by atoms with E-state index in [0.29, 0.717) is 22.8 Å². The third-order valence-electron chi connectivity index (χ3n) is 4.57. The molecular formula is C23H19FN4O3. The zero-order chi connectivity index (χ0) is 21.8. The minimum absolute atomic E-state index is 0.0808. The highest BCUT2D eigenvalue weighted by Gasteiger charge is 2.09. The Kier molecular flexibility index (Phi) is 5.61. The van der Waals surface area contributed by atoms with Crippen LogP contribution in [0.1, 0.15) is 11.3 Å². The minimum Gasteiger partial charge on any atom is -0.487 e. The summed E-state index contributed by atoms with van der Waals surface area (Å²) in [7, 11) is 0. The van der Waals surface area contributed by atoms with Gasteiger partial charge in [0, 0.05) is 24.0 Å². The summed E-state index contributed by atoms with van der Waals surface area (Å²) < 4.78 is 21.0. The van der Waals surface area contributed by atoms with E-state index in [4.69, 9.17) is 4.74 Å². The number of aryl methyl sites for hydroxylation is 1. The summed E-state index contributed by atoms with van der Waals surface area (Å²) in [6.45, 7) is 1.95. The average Bonchev–Trinajstić information content (AvgIpc) is 2.76. The molecule has 0 fully saturated rings. The maximum absolute atomic E-state index is 13.7. The van der Waals surface area contributed by atoms with Gasteiger partial charge in [-0.2, -0.15) is 0 Å². The van der Waals surface area contributed by atoms with E-state index in [9.17, 15) is 14.0 Å². The fourth-order valence-electron chi connectivity index (χ4n) is 3.01. The van der Waals surface area contributed by atoms with Gasteiger partial charge in [0.1, 0.15) is 23.8 Å². The van der Waals surface area contributed by atoms with Gasteiger partial charge >= 0.3 is 6.03 Å². The number of aromatic nitrogens is 2. The van der Waals surface area contributed by atoms with Crippen molar-refractivity contribution in [1.29, 1.82) is 0 Å². The number of rotatable bonds is 5. The Balaban J connectivity index is 1.46. The molecule has 2 heterocycles. The molecule has 0 saturated carbocycles. The summed E-state index contributed by atoms with van der Waals surface area (Å²) in [6.07, 6.45) is 1.65. The lowest BCUT2D eigenvalue weighted by Crippen LogP contribution is -2.20. The van der Waals surface area contributed by atoms with Crippen molar-refractivity contribution in [3.8, 4) is 5.75 Å². The number of amides is 2. The van der Waals surface area contributed by atoms with E-state index in [0.717, 1.165) is 5.56 Å². The third kappa shape index (κ3) is 4.69. The van der Waals surface area contributed by atoms with Gasteiger partial charge < -0.3 is 15.4 Å². The molecule has 0 aliphatic heterocycles. The van der Waals surface area contributed by atoms with E-state index in [-0.39, 0.29) is 17.9 Å². The number of para-hydroxylation sites is 1. The summed E-state index contributed by atoms with van der Waals surface area (Å²) in [6, 6.07) is 17.2. The molecule has 2 N–H and O–H groups in total. The van der Waals surface area contributed by atoms with Gasteiger partial charge in [0.05, 0.1) is 11.4 Å². The van der Waals surface area contributed by atoms with Crippen LogP contribution in [0.4, 0.5) is 20.6 Å². The lowest BCUT2D eigenvalue weighted by atomic mass is 10.2. The van der Waals surface area contributed by atoms with Crippen LogP contribution in [0.2, 0.25) is 0 Å². The first kappa shape index (κ1) is 20.1. The first-order valence-electron chi connectivity index (χ1n) is 9.53. The van der Waals surface area contributed by atoms with E-state index in [1.807, 2.05) is 6.92 Å². The highest BCUT2D eigenvalue weighted by atomic mass is 19.1. The number of fused-ring (bicyclic) bond motifs is 1. The molecule has 0 unspecified atom stereocenters. The van der Waals surface area contributed by atoms with Crippen LogP contribution in [0.3, 0.4) is 0 Å². The van der Waals surface area contributed by atoms with Crippen molar-refractivity contribution in [2.75, 3.05) is 10.6 Å². The van der Waals surface area contributed by atoms with Crippen LogP contribution in [0.5, 0.6) is 5.75 Å². The molecule has 0 bridgehead atoms. The van der Waals surface area contributed by atoms with E-state index >= 15 is 0 Å². The fraction of sp³-hybridized carbons (Fsp3) is 0.0870. The molecule has 0 aliphatic rings. The number of benzene rings is 2. The van der Waals surface area contributed by atoms with Gasteiger partial charge in [-0.15, -0.1) is 0 Å². The molecule has 156 valence electrons. The van der Waals surface area contributed by atoms with Crippen molar-refractivity contribution >= 4 is 23.1 Å². The zero-order valence-electron chi connectivity index (χ0n) is 16.6. The van der Waals surface area contributed by atoms with Crippen molar-refractivity contribution in [3.05, 3.63) is 100 Å². The predicted octanol–water partition coefficient (Wildman–Crippen LogP) is 4.37. The number of ether oxygens (including phenoxy) is 1. The summed E-state index contributed by atoms with van der Waals surface area (Å²) in [5, 5.41) is 5.11. The lowest BCUT2D eigenvalue weighted by Gasteiger charge is -2.13. The Morgan fingerprint density at radius 2 is 1.87 bits per heavy atom. The predicted molar refractivity (Wildman–Crippen MR) is 116 cm³/mol. The summed E-state index contributed by atoms with van der Waals surface area (Å²) in [5.41, 5.74) is 2.23. The molecule has 0 atom stereocenters. The van der Waals surface area contributed by atoms with Crippen molar-refractivity contribution < 1.29 is 13.9 Å². The summed E-state index contributed by atoms with van der Waals surface area (Å²) in [4.78, 5) is 28.8. The number of nitrogens with one attached hydrogen (secondary N) is 2. The van der Waals surface area contributed by atoms with Gasteiger partial charge in [-0.1, -0.05) is 24.3 Å². The number of hydrogen-bond acceptors (Lipinski definition) is 4. The number of nitrogens with zero attached hydrogens (tertiary/aromatic N) is 2. The molecule has 4 aromatic rings. The minimum atomic E-state index is -0.580. The monoisotopic (exact) mass is 418 g/mol. The largest absolute Gasteiger partial charge is 0.487 e. The molecule has 0 radical (unpaired) electrons. The van der Waals surface area contributed by atoms with Crippen LogP contribution >= 0.6 is 0 Å². The molecule has 2 aromatic heterocycles. The van der Waals surface area contributed by atoms with Gasteiger partial charge in [-0.3, -0.25) is 9.20 Å². The van der Waals surface area contributed by atoms with Crippen molar-refractivity contribution in [1.82, 2.24) is 9.38 Å². The summed E-state index contributed by atoms with van der Waals surface area (Å²) >= 11 is 0. The number of pyridine rings is 1. The quantitative estimate of drug-likeness (QED) is 0.504. The Bertz CT molecular complexity index is 1320. The van der Waals surface area contributed by atoms with Gasteiger partial charge in [-0.25, -0.2) is 14.2 Å². The highest BCUT2D eigenvalue weighted by Crippen LogP contribution is 2.24. The van der Waals surface area contributed by atoms with E-state index < -0.39 is 11.8 Å². The molecule has 0 saturated heterocycles. The van der Waals surface area contributed by atoms with Crippen LogP contribution in [0.25, 0.3) is 5.65 Å². The third-order valence-corrected chi connectivity index (χ3v) is 4.57. The number of anilines is 2. The lowest BCUT2D eigenvalue weighted by molar-refractivity contribution is 0.262. The molecule has 31 heavy (non-hydrogen) atoms. The topological polar surface area (TPSA) is 84.7 Å². The van der Waals surface area contributed by atoms with Crippen LogP contribution in [-0.2, 0) is 6.61 Å². The zero-order valence-corrected chi connectivity index (χ0v) is 16.6. The standard InChI is InChI=1S/C23H19FN4O3/c1-15-9-10-16(26-23(30)27-19-7-3-2-6-18(19)24)12-20(15)31-14-17-13-22(29)28-11-5-4-8-21(28)25-17/h2-13H,14H2,1H3,(H2,26,27,30).